The van der Waals surface area contributed by atoms with E-state index in [-0.39, 0.29) is 6.10 Å². The molecule has 1 rings (SSSR count). The van der Waals surface area contributed by atoms with Crippen LogP contribution in [0.25, 0.3) is 0 Å². The van der Waals surface area contributed by atoms with Crippen molar-refractivity contribution in [3.63, 3.8) is 0 Å². The maximum atomic E-state index is 9.67. The molecule has 1 N–H and O–H groups in total. The van der Waals surface area contributed by atoms with E-state index in [1.807, 2.05) is 37.3 Å². The molecule has 3 nitrogen and oxygen atoms in total. The average molecular weight is 274 g/mol. The van der Waals surface area contributed by atoms with E-state index >= 15 is 0 Å². The largest absolute Gasteiger partial charge is 0.378 e. The molecule has 0 aliphatic carbocycles. The summed E-state index contributed by atoms with van der Waals surface area (Å²) in [4.78, 5) is 0. The third kappa shape index (κ3) is 4.33. The van der Waals surface area contributed by atoms with E-state index in [0.29, 0.717) is 18.9 Å². The summed E-state index contributed by atoms with van der Waals surface area (Å²) in [5, 5.41) is 13.0. The van der Waals surface area contributed by atoms with Gasteiger partial charge in [0.25, 0.3) is 0 Å². The Morgan fingerprint density at radius 1 is 1.25 bits per heavy atom. The second-order valence-electron chi connectivity index (χ2n) is 5.48. The van der Waals surface area contributed by atoms with Crippen LogP contribution in [0.2, 0.25) is 0 Å². The minimum Gasteiger partial charge on any atom is -0.378 e. The SMILES string of the molecule is CCNC(C#N)(CCOC(C)C(C)C)c1ccccc1. The highest BCUT2D eigenvalue weighted by Gasteiger charge is 2.31. The van der Waals surface area contributed by atoms with Crippen LogP contribution in [0.1, 0.15) is 39.7 Å². The Bertz CT molecular complexity index is 424. The molecular formula is C17H26N2O. The van der Waals surface area contributed by atoms with Crippen LogP contribution in [0.4, 0.5) is 0 Å². The first kappa shape index (κ1) is 16.7. The zero-order valence-electron chi connectivity index (χ0n) is 13.0. The van der Waals surface area contributed by atoms with Crippen LogP contribution in [0.5, 0.6) is 0 Å². The van der Waals surface area contributed by atoms with Gasteiger partial charge in [0.1, 0.15) is 5.54 Å². The minimum absolute atomic E-state index is 0.212. The molecule has 0 heterocycles. The van der Waals surface area contributed by atoms with Crippen LogP contribution >= 0.6 is 0 Å². The van der Waals surface area contributed by atoms with Crippen LogP contribution in [-0.4, -0.2) is 19.3 Å². The maximum absolute atomic E-state index is 9.67. The normalized spacial score (nSPS) is 15.6. The van der Waals surface area contributed by atoms with Gasteiger partial charge in [0.05, 0.1) is 18.8 Å². The Kier molecular flexibility index (Phi) is 6.70. The molecule has 0 saturated carbocycles. The summed E-state index contributed by atoms with van der Waals surface area (Å²) >= 11 is 0. The van der Waals surface area contributed by atoms with Crippen LogP contribution in [0.3, 0.4) is 0 Å². The maximum Gasteiger partial charge on any atom is 0.134 e. The monoisotopic (exact) mass is 274 g/mol. The molecular weight excluding hydrogens is 248 g/mol. The lowest BCUT2D eigenvalue weighted by Gasteiger charge is -2.29. The first-order chi connectivity index (χ1) is 9.55. The first-order valence-electron chi connectivity index (χ1n) is 7.39. The Labute approximate surface area is 123 Å². The number of hydrogen-bond acceptors (Lipinski definition) is 3. The highest BCUT2D eigenvalue weighted by Crippen LogP contribution is 2.25. The van der Waals surface area contributed by atoms with Gasteiger partial charge < -0.3 is 4.74 Å². The third-order valence-electron chi connectivity index (χ3n) is 3.73. The molecule has 0 amide bonds. The Morgan fingerprint density at radius 2 is 1.90 bits per heavy atom. The lowest BCUT2D eigenvalue weighted by Crippen LogP contribution is -2.42. The van der Waals surface area contributed by atoms with Crippen molar-refractivity contribution < 1.29 is 4.74 Å². The van der Waals surface area contributed by atoms with E-state index in [9.17, 15) is 5.26 Å². The van der Waals surface area contributed by atoms with Crippen LogP contribution in [-0.2, 0) is 10.3 Å². The molecule has 110 valence electrons. The number of nitrogens with one attached hydrogen (secondary N) is 1. The van der Waals surface area contributed by atoms with E-state index in [4.69, 9.17) is 4.74 Å². The topological polar surface area (TPSA) is 45.0 Å². The van der Waals surface area contributed by atoms with Gasteiger partial charge in [-0.25, -0.2) is 0 Å². The van der Waals surface area contributed by atoms with Gasteiger partial charge in [-0.15, -0.1) is 0 Å². The molecule has 20 heavy (non-hydrogen) atoms. The summed E-state index contributed by atoms with van der Waals surface area (Å²) in [7, 11) is 0. The van der Waals surface area contributed by atoms with Gasteiger partial charge in [0.2, 0.25) is 0 Å². The van der Waals surface area contributed by atoms with E-state index in [0.717, 1.165) is 12.1 Å². The third-order valence-corrected chi connectivity index (χ3v) is 3.73. The average Bonchev–Trinajstić information content (AvgIpc) is 2.47. The number of nitrogens with zero attached hydrogens (tertiary/aromatic N) is 1. The van der Waals surface area contributed by atoms with Crippen LogP contribution in [0, 0.1) is 17.2 Å². The molecule has 0 aliphatic heterocycles. The molecule has 0 bridgehead atoms. The lowest BCUT2D eigenvalue weighted by molar-refractivity contribution is 0.0260. The fourth-order valence-electron chi connectivity index (χ4n) is 2.11. The molecule has 1 aromatic rings. The lowest BCUT2D eigenvalue weighted by atomic mass is 9.88. The standard InChI is InChI=1S/C17H26N2O/c1-5-19-17(13-18,16-9-7-6-8-10-16)11-12-20-15(4)14(2)3/h6-10,14-15,19H,5,11-12H2,1-4H3. The second-order valence-corrected chi connectivity index (χ2v) is 5.48. The van der Waals surface area contributed by atoms with Crippen molar-refractivity contribution in [1.29, 1.82) is 5.26 Å². The molecule has 2 unspecified atom stereocenters. The number of ether oxygens (including phenoxy) is 1. The summed E-state index contributed by atoms with van der Waals surface area (Å²) in [6.45, 7) is 9.71. The van der Waals surface area contributed by atoms with E-state index in [1.165, 1.54) is 0 Å². The van der Waals surface area contributed by atoms with Gasteiger partial charge in [-0.2, -0.15) is 5.26 Å². The number of rotatable bonds is 8. The summed E-state index contributed by atoms with van der Waals surface area (Å²) in [5.41, 5.74) is 0.345. The number of hydrogen-bond donors (Lipinski definition) is 1. The smallest absolute Gasteiger partial charge is 0.134 e. The number of nitriles is 1. The Morgan fingerprint density at radius 3 is 2.40 bits per heavy atom. The highest BCUT2D eigenvalue weighted by atomic mass is 16.5. The molecule has 3 heteroatoms. The first-order valence-corrected chi connectivity index (χ1v) is 7.39. The molecule has 0 fully saturated rings. The molecule has 0 spiro atoms. The molecule has 0 aliphatic rings. The minimum atomic E-state index is -0.660. The Balaban J connectivity index is 2.78. The van der Waals surface area contributed by atoms with E-state index < -0.39 is 5.54 Å². The fraction of sp³-hybridized carbons (Fsp3) is 0.588. The van der Waals surface area contributed by atoms with E-state index in [1.54, 1.807) is 0 Å². The van der Waals surface area contributed by atoms with Crippen molar-refractivity contribution in [3.8, 4) is 6.07 Å². The van der Waals surface area contributed by atoms with Gasteiger partial charge >= 0.3 is 0 Å². The molecule has 0 saturated heterocycles. The van der Waals surface area contributed by atoms with Gasteiger partial charge in [-0.3, -0.25) is 5.32 Å². The van der Waals surface area contributed by atoms with Crippen molar-refractivity contribution in [3.05, 3.63) is 35.9 Å². The predicted octanol–water partition coefficient (Wildman–Crippen LogP) is 3.47. The summed E-state index contributed by atoms with van der Waals surface area (Å²) in [6.07, 6.45) is 0.863. The summed E-state index contributed by atoms with van der Waals surface area (Å²) in [5.74, 6) is 0.488. The molecule has 2 atom stereocenters. The molecule has 0 radical (unpaired) electrons. The summed E-state index contributed by atoms with van der Waals surface area (Å²) in [6, 6.07) is 12.3. The van der Waals surface area contributed by atoms with Crippen molar-refractivity contribution >= 4 is 0 Å². The molecule has 0 aromatic heterocycles. The zero-order valence-corrected chi connectivity index (χ0v) is 13.0. The second kappa shape index (κ2) is 8.04. The Hall–Kier alpha value is -1.37. The predicted molar refractivity (Wildman–Crippen MR) is 82.3 cm³/mol. The zero-order chi connectivity index (χ0) is 15.0. The quantitative estimate of drug-likeness (QED) is 0.789. The number of benzene rings is 1. The highest BCUT2D eigenvalue weighted by molar-refractivity contribution is 5.31. The summed E-state index contributed by atoms with van der Waals surface area (Å²) < 4.78 is 5.84. The van der Waals surface area contributed by atoms with E-state index in [2.05, 4.69) is 32.2 Å². The van der Waals surface area contributed by atoms with Gasteiger partial charge in [-0.1, -0.05) is 51.1 Å². The van der Waals surface area contributed by atoms with Crippen LogP contribution < -0.4 is 5.32 Å². The van der Waals surface area contributed by atoms with Crippen molar-refractivity contribution in [1.82, 2.24) is 5.32 Å². The van der Waals surface area contributed by atoms with Crippen LogP contribution in [0.15, 0.2) is 30.3 Å². The van der Waals surface area contributed by atoms with Gasteiger partial charge in [0.15, 0.2) is 0 Å². The van der Waals surface area contributed by atoms with Crippen molar-refractivity contribution in [2.75, 3.05) is 13.2 Å². The fourth-order valence-corrected chi connectivity index (χ4v) is 2.11. The van der Waals surface area contributed by atoms with Gasteiger partial charge in [0, 0.05) is 6.42 Å². The van der Waals surface area contributed by atoms with Crippen molar-refractivity contribution in [2.45, 2.75) is 45.8 Å². The van der Waals surface area contributed by atoms with Crippen molar-refractivity contribution in [2.24, 2.45) is 5.92 Å². The van der Waals surface area contributed by atoms with Gasteiger partial charge in [-0.05, 0) is 24.9 Å². The molecule has 1 aromatic carbocycles.